The number of sulfone groups is 1. The van der Waals surface area contributed by atoms with Crippen LogP contribution >= 0.6 is 11.6 Å². The molecule has 0 bridgehead atoms. The minimum Gasteiger partial charge on any atom is -0.367 e. The largest absolute Gasteiger partial charge is 0.367 e. The third-order valence-corrected chi connectivity index (χ3v) is 6.06. The second-order valence-electron chi connectivity index (χ2n) is 6.58. The molecule has 0 unspecified atom stereocenters. The molecule has 3 rings (SSSR count). The number of carbonyl (C=O) groups is 1. The molecule has 154 valence electrons. The van der Waals surface area contributed by atoms with Crippen LogP contribution in [0.3, 0.4) is 0 Å². The molecule has 0 aromatic heterocycles. The molecule has 2 aromatic carbocycles. The number of amides is 1. The molecule has 0 N–H and O–H groups in total. The zero-order chi connectivity index (χ0) is 21.3. The van der Waals surface area contributed by atoms with Crippen molar-refractivity contribution in [2.24, 2.45) is 0 Å². The summed E-state index contributed by atoms with van der Waals surface area (Å²) >= 11 is 5.96. The molecule has 2 aromatic rings. The number of hydrogen-bond donors (Lipinski definition) is 0. The van der Waals surface area contributed by atoms with Crippen molar-refractivity contribution in [3.8, 4) is 0 Å². The van der Waals surface area contributed by atoms with Crippen molar-refractivity contribution < 1.29 is 22.5 Å². The van der Waals surface area contributed by atoms with Gasteiger partial charge in [0.25, 0.3) is 11.6 Å². The van der Waals surface area contributed by atoms with Crippen LogP contribution in [0.2, 0.25) is 5.02 Å². The van der Waals surface area contributed by atoms with Crippen LogP contribution in [0.5, 0.6) is 0 Å². The third kappa shape index (κ3) is 4.48. The van der Waals surface area contributed by atoms with Crippen molar-refractivity contribution >= 4 is 38.7 Å². The Morgan fingerprint density at radius 1 is 1.14 bits per heavy atom. The fourth-order valence-corrected chi connectivity index (χ4v) is 4.32. The monoisotopic (exact) mass is 441 g/mol. The molecule has 0 saturated carbocycles. The fourth-order valence-electron chi connectivity index (χ4n) is 3.16. The first-order chi connectivity index (χ1) is 13.6. The van der Waals surface area contributed by atoms with Gasteiger partial charge in [0, 0.05) is 44.6 Å². The highest BCUT2D eigenvalue weighted by molar-refractivity contribution is 7.90. The number of nitro groups is 1. The van der Waals surface area contributed by atoms with Crippen molar-refractivity contribution in [3.63, 3.8) is 0 Å². The van der Waals surface area contributed by atoms with Gasteiger partial charge < -0.3 is 9.80 Å². The van der Waals surface area contributed by atoms with Gasteiger partial charge in [-0.25, -0.2) is 12.8 Å². The highest BCUT2D eigenvalue weighted by Crippen LogP contribution is 2.30. The number of nitrogens with zero attached hydrogens (tertiary/aromatic N) is 3. The van der Waals surface area contributed by atoms with E-state index >= 15 is 0 Å². The minimum atomic E-state index is -3.70. The number of halogens is 2. The van der Waals surface area contributed by atoms with Crippen LogP contribution in [0.1, 0.15) is 10.4 Å². The Labute approximate surface area is 171 Å². The quantitative estimate of drug-likeness (QED) is 0.534. The molecule has 0 aliphatic carbocycles. The molecule has 1 heterocycles. The number of rotatable bonds is 4. The summed E-state index contributed by atoms with van der Waals surface area (Å²) in [5.74, 6) is -0.885. The van der Waals surface area contributed by atoms with Crippen LogP contribution in [-0.4, -0.2) is 56.6 Å². The van der Waals surface area contributed by atoms with E-state index in [-0.39, 0.29) is 40.2 Å². The Kier molecular flexibility index (Phi) is 5.76. The molecule has 0 spiro atoms. The SMILES string of the molecule is CS(=O)(=O)c1cc([N+](=O)[O-])ccc1N1CCN(C(=O)c2ccc(F)cc2Cl)CC1. The van der Waals surface area contributed by atoms with E-state index in [0.717, 1.165) is 24.5 Å². The molecule has 1 aliphatic rings. The first-order valence-electron chi connectivity index (χ1n) is 8.55. The van der Waals surface area contributed by atoms with E-state index in [4.69, 9.17) is 11.6 Å². The normalized spacial score (nSPS) is 14.7. The van der Waals surface area contributed by atoms with Crippen molar-refractivity contribution in [2.75, 3.05) is 37.3 Å². The van der Waals surface area contributed by atoms with Gasteiger partial charge in [-0.2, -0.15) is 0 Å². The first kappa shape index (κ1) is 21.0. The average molecular weight is 442 g/mol. The number of carbonyl (C=O) groups excluding carboxylic acids is 1. The lowest BCUT2D eigenvalue weighted by Gasteiger charge is -2.36. The van der Waals surface area contributed by atoms with Gasteiger partial charge in [-0.3, -0.25) is 14.9 Å². The Bertz CT molecular complexity index is 1080. The van der Waals surface area contributed by atoms with Crippen LogP contribution in [-0.2, 0) is 9.84 Å². The maximum absolute atomic E-state index is 13.2. The van der Waals surface area contributed by atoms with Gasteiger partial charge in [-0.1, -0.05) is 11.6 Å². The van der Waals surface area contributed by atoms with Gasteiger partial charge in [-0.05, 0) is 24.3 Å². The molecule has 8 nitrogen and oxygen atoms in total. The molecule has 0 atom stereocenters. The number of hydrogen-bond acceptors (Lipinski definition) is 6. The van der Waals surface area contributed by atoms with Crippen molar-refractivity contribution in [2.45, 2.75) is 4.90 Å². The van der Waals surface area contributed by atoms with E-state index in [9.17, 15) is 27.7 Å². The molecule has 0 radical (unpaired) electrons. The van der Waals surface area contributed by atoms with Crippen molar-refractivity contribution in [1.29, 1.82) is 0 Å². The van der Waals surface area contributed by atoms with Gasteiger partial charge >= 0.3 is 0 Å². The molecule has 1 saturated heterocycles. The van der Waals surface area contributed by atoms with Crippen molar-refractivity contribution in [3.05, 3.63) is 62.9 Å². The summed E-state index contributed by atoms with van der Waals surface area (Å²) in [6.07, 6.45) is 0.992. The summed E-state index contributed by atoms with van der Waals surface area (Å²) in [7, 11) is -3.70. The lowest BCUT2D eigenvalue weighted by atomic mass is 10.1. The molecular weight excluding hydrogens is 425 g/mol. The highest BCUT2D eigenvalue weighted by Gasteiger charge is 2.27. The maximum atomic E-state index is 13.2. The minimum absolute atomic E-state index is 0.0205. The number of benzene rings is 2. The standard InChI is InChI=1S/C18H17ClFN3O5S/c1-29(27,28)17-11-13(23(25)26)3-5-16(17)21-6-8-22(9-7-21)18(24)14-4-2-12(20)10-15(14)19/h2-5,10-11H,6-9H2,1H3. The van der Waals surface area contributed by atoms with Gasteiger partial charge in [0.15, 0.2) is 9.84 Å². The molecule has 29 heavy (non-hydrogen) atoms. The van der Waals surface area contributed by atoms with Gasteiger partial charge in [0.2, 0.25) is 0 Å². The topological polar surface area (TPSA) is 101 Å². The van der Waals surface area contributed by atoms with Crippen LogP contribution in [0.15, 0.2) is 41.3 Å². The van der Waals surface area contributed by atoms with Crippen LogP contribution in [0.25, 0.3) is 0 Å². The molecular formula is C18H17ClFN3O5S. The van der Waals surface area contributed by atoms with Gasteiger partial charge in [0.1, 0.15) is 5.82 Å². The summed E-state index contributed by atoms with van der Waals surface area (Å²) in [5, 5.41) is 11.0. The summed E-state index contributed by atoms with van der Waals surface area (Å²) in [5.41, 5.74) is 0.229. The summed E-state index contributed by atoms with van der Waals surface area (Å²) in [6, 6.07) is 7.25. The van der Waals surface area contributed by atoms with E-state index in [0.29, 0.717) is 18.8 Å². The van der Waals surface area contributed by atoms with E-state index in [1.807, 2.05) is 0 Å². The second-order valence-corrected chi connectivity index (χ2v) is 8.98. The lowest BCUT2D eigenvalue weighted by molar-refractivity contribution is -0.385. The number of anilines is 1. The molecule has 11 heteroatoms. The predicted molar refractivity (Wildman–Crippen MR) is 106 cm³/mol. The zero-order valence-electron chi connectivity index (χ0n) is 15.3. The van der Waals surface area contributed by atoms with Gasteiger partial charge in [-0.15, -0.1) is 0 Å². The van der Waals surface area contributed by atoms with Crippen LogP contribution < -0.4 is 4.90 Å². The molecule has 1 aliphatic heterocycles. The van der Waals surface area contributed by atoms with Crippen LogP contribution in [0.4, 0.5) is 15.8 Å². The molecule has 1 amide bonds. The smallest absolute Gasteiger partial charge is 0.270 e. The number of non-ortho nitro benzene ring substituents is 1. The zero-order valence-corrected chi connectivity index (χ0v) is 16.9. The molecule has 1 fully saturated rings. The fraction of sp³-hybridized carbons (Fsp3) is 0.278. The second kappa shape index (κ2) is 7.96. The Hall–Kier alpha value is -2.72. The van der Waals surface area contributed by atoms with Crippen LogP contribution in [0, 0.1) is 15.9 Å². The van der Waals surface area contributed by atoms with E-state index in [2.05, 4.69) is 0 Å². The Balaban J connectivity index is 1.80. The maximum Gasteiger partial charge on any atom is 0.270 e. The van der Waals surface area contributed by atoms with E-state index in [1.54, 1.807) is 9.80 Å². The summed E-state index contributed by atoms with van der Waals surface area (Å²) in [6.45, 7) is 1.22. The van der Waals surface area contributed by atoms with E-state index < -0.39 is 20.6 Å². The number of nitro benzene ring substituents is 1. The summed E-state index contributed by atoms with van der Waals surface area (Å²) < 4.78 is 37.5. The third-order valence-electron chi connectivity index (χ3n) is 4.62. The average Bonchev–Trinajstić information content (AvgIpc) is 2.66. The first-order valence-corrected chi connectivity index (χ1v) is 10.8. The summed E-state index contributed by atoms with van der Waals surface area (Å²) in [4.78, 5) is 26.2. The van der Waals surface area contributed by atoms with E-state index in [1.165, 1.54) is 18.2 Å². The lowest BCUT2D eigenvalue weighted by Crippen LogP contribution is -2.49. The Morgan fingerprint density at radius 3 is 2.34 bits per heavy atom. The Morgan fingerprint density at radius 2 is 1.79 bits per heavy atom. The van der Waals surface area contributed by atoms with Crippen molar-refractivity contribution in [1.82, 2.24) is 4.90 Å². The number of piperazine rings is 1. The highest BCUT2D eigenvalue weighted by atomic mass is 35.5. The predicted octanol–water partition coefficient (Wildman–Crippen LogP) is 2.75. The van der Waals surface area contributed by atoms with Gasteiger partial charge in [0.05, 0.1) is 26.1 Å².